The molecule has 3 atom stereocenters. The normalized spacial score (nSPS) is 17.9. The Morgan fingerprint density at radius 1 is 0.788 bits per heavy atom. The molecule has 0 bridgehead atoms. The van der Waals surface area contributed by atoms with Crippen LogP contribution in [0.3, 0.4) is 0 Å². The summed E-state index contributed by atoms with van der Waals surface area (Å²) in [5.41, 5.74) is 0.238. The first-order valence-corrected chi connectivity index (χ1v) is 18.4. The zero-order chi connectivity index (χ0) is 36.1. The molecule has 52 heavy (non-hydrogen) atoms. The SMILES string of the molecule is CC[C@](COc1cccc(Cl)c1)(OC(c1ccccc1)C1SC(=O)N(C(c2ccccc2)(c2ccccc2)c2ccccc2)C1=O)N1CCOC1=O. The third kappa shape index (κ3) is 6.56. The van der Waals surface area contributed by atoms with Gasteiger partial charge in [-0.05, 0) is 58.6 Å². The van der Waals surface area contributed by atoms with Crippen molar-refractivity contribution in [2.45, 2.75) is 36.0 Å². The monoisotopic (exact) mass is 732 g/mol. The topological polar surface area (TPSA) is 85.4 Å². The number of rotatable bonds is 13. The van der Waals surface area contributed by atoms with Gasteiger partial charge in [-0.1, -0.05) is 146 Å². The fourth-order valence-corrected chi connectivity index (χ4v) is 8.37. The fourth-order valence-electron chi connectivity index (χ4n) is 7.10. The van der Waals surface area contributed by atoms with Crippen molar-refractivity contribution < 1.29 is 28.6 Å². The molecule has 264 valence electrons. The van der Waals surface area contributed by atoms with E-state index in [9.17, 15) is 9.59 Å². The van der Waals surface area contributed by atoms with Gasteiger partial charge in [-0.3, -0.25) is 19.4 Å². The van der Waals surface area contributed by atoms with Crippen LogP contribution in [0, 0.1) is 0 Å². The Morgan fingerprint density at radius 2 is 1.35 bits per heavy atom. The summed E-state index contributed by atoms with van der Waals surface area (Å²) in [5, 5.41) is -0.955. The first-order valence-electron chi connectivity index (χ1n) is 17.1. The lowest BCUT2D eigenvalue weighted by Crippen LogP contribution is -2.57. The van der Waals surface area contributed by atoms with Gasteiger partial charge in [0.05, 0.1) is 6.54 Å². The molecule has 2 aliphatic heterocycles. The third-order valence-corrected chi connectivity index (χ3v) is 10.9. The van der Waals surface area contributed by atoms with E-state index in [4.69, 9.17) is 25.8 Å². The lowest BCUT2D eigenvalue weighted by molar-refractivity contribution is -0.188. The molecule has 10 heteroatoms. The van der Waals surface area contributed by atoms with Gasteiger partial charge in [0, 0.05) is 5.02 Å². The smallest absolute Gasteiger partial charge is 0.412 e. The Hall–Kier alpha value is -5.09. The van der Waals surface area contributed by atoms with Crippen LogP contribution in [0.2, 0.25) is 5.02 Å². The van der Waals surface area contributed by atoms with Gasteiger partial charge in [-0.25, -0.2) is 4.79 Å². The lowest BCUT2D eigenvalue weighted by Gasteiger charge is -2.43. The zero-order valence-electron chi connectivity index (χ0n) is 28.5. The number of carbonyl (C=O) groups excluding carboxylic acids is 3. The van der Waals surface area contributed by atoms with E-state index in [2.05, 4.69) is 0 Å². The van der Waals surface area contributed by atoms with Crippen molar-refractivity contribution in [3.05, 3.63) is 173 Å². The molecule has 2 saturated heterocycles. The van der Waals surface area contributed by atoms with Crippen LogP contribution in [-0.4, -0.2) is 57.8 Å². The summed E-state index contributed by atoms with van der Waals surface area (Å²) in [6.07, 6.45) is -1.25. The summed E-state index contributed by atoms with van der Waals surface area (Å²) in [7, 11) is 0. The van der Waals surface area contributed by atoms with E-state index < -0.39 is 39.9 Å². The van der Waals surface area contributed by atoms with Crippen LogP contribution in [0.25, 0.3) is 0 Å². The maximum Gasteiger partial charge on any atom is 0.412 e. The molecule has 2 heterocycles. The largest absolute Gasteiger partial charge is 0.489 e. The first-order chi connectivity index (χ1) is 25.4. The van der Waals surface area contributed by atoms with Gasteiger partial charge in [0.2, 0.25) is 5.91 Å². The molecule has 0 saturated carbocycles. The Kier molecular flexibility index (Phi) is 10.4. The number of hydrogen-bond acceptors (Lipinski definition) is 7. The molecule has 0 N–H and O–H groups in total. The molecule has 3 amide bonds. The predicted molar refractivity (Wildman–Crippen MR) is 201 cm³/mol. The van der Waals surface area contributed by atoms with Crippen LogP contribution in [0.1, 0.15) is 41.7 Å². The Bertz CT molecular complexity index is 1920. The van der Waals surface area contributed by atoms with Crippen molar-refractivity contribution >= 4 is 40.6 Å². The molecular weight excluding hydrogens is 696 g/mol. The number of thioether (sulfide) groups is 1. The number of hydrogen-bond donors (Lipinski definition) is 0. The minimum Gasteiger partial charge on any atom is -0.489 e. The van der Waals surface area contributed by atoms with Crippen molar-refractivity contribution in [3.63, 3.8) is 0 Å². The highest BCUT2D eigenvalue weighted by molar-refractivity contribution is 8.15. The van der Waals surface area contributed by atoms with E-state index in [1.807, 2.05) is 128 Å². The number of amides is 3. The minimum atomic E-state index is -1.39. The molecule has 8 nitrogen and oxygen atoms in total. The molecule has 5 aromatic carbocycles. The van der Waals surface area contributed by atoms with Crippen LogP contribution >= 0.6 is 23.4 Å². The highest BCUT2D eigenvalue weighted by Gasteiger charge is 2.57. The maximum atomic E-state index is 15.3. The summed E-state index contributed by atoms with van der Waals surface area (Å²) >= 11 is 7.20. The molecule has 0 spiro atoms. The molecule has 0 aromatic heterocycles. The molecule has 0 radical (unpaired) electrons. The summed E-state index contributed by atoms with van der Waals surface area (Å²) in [4.78, 5) is 46.2. The second-order valence-electron chi connectivity index (χ2n) is 12.5. The number of imide groups is 1. The summed E-state index contributed by atoms with van der Waals surface area (Å²) in [5.74, 6) is 0.0639. The van der Waals surface area contributed by atoms with E-state index in [1.165, 1.54) is 9.80 Å². The van der Waals surface area contributed by atoms with Crippen LogP contribution < -0.4 is 4.74 Å². The highest BCUT2D eigenvalue weighted by atomic mass is 35.5. The van der Waals surface area contributed by atoms with Crippen LogP contribution in [0.15, 0.2) is 146 Å². The molecule has 2 aliphatic rings. The van der Waals surface area contributed by atoms with Gasteiger partial charge in [0.1, 0.15) is 35.9 Å². The number of halogens is 1. The van der Waals surface area contributed by atoms with Gasteiger partial charge < -0.3 is 14.2 Å². The van der Waals surface area contributed by atoms with Crippen molar-refractivity contribution in [3.8, 4) is 5.75 Å². The number of benzene rings is 5. The van der Waals surface area contributed by atoms with Gasteiger partial charge in [-0.15, -0.1) is 0 Å². The standard InChI is InChI=1S/C42H37ClN2O6S/c1-2-41(44-26-27-49-39(44)47,29-50-35-25-15-24-34(43)28-35)51-36(30-16-7-3-8-17-30)37-38(46)45(40(48)52-37)42(31-18-9-4-10-19-31,32-20-11-5-12-21-32)33-22-13-6-14-23-33/h3-25,28,36-37H,2,26-27,29H2,1H3/t36?,37?,41-/m1/s1. The second kappa shape index (κ2) is 15.3. The Labute approximate surface area is 312 Å². The molecule has 2 fully saturated rings. The van der Waals surface area contributed by atoms with E-state index in [1.54, 1.807) is 24.3 Å². The highest BCUT2D eigenvalue weighted by Crippen LogP contribution is 2.50. The molecule has 5 aromatic rings. The van der Waals surface area contributed by atoms with E-state index in [0.29, 0.717) is 16.3 Å². The molecular formula is C42H37ClN2O6S. The second-order valence-corrected chi connectivity index (χ2v) is 14.1. The van der Waals surface area contributed by atoms with Crippen molar-refractivity contribution in [2.75, 3.05) is 19.8 Å². The van der Waals surface area contributed by atoms with E-state index >= 15 is 4.79 Å². The molecule has 2 unspecified atom stereocenters. The van der Waals surface area contributed by atoms with E-state index in [0.717, 1.165) is 28.5 Å². The van der Waals surface area contributed by atoms with Crippen LogP contribution in [0.4, 0.5) is 9.59 Å². The quantitative estimate of drug-likeness (QED) is 0.112. The summed E-state index contributed by atoms with van der Waals surface area (Å²) in [6, 6.07) is 45.1. The zero-order valence-corrected chi connectivity index (χ0v) is 30.0. The average molecular weight is 733 g/mol. The van der Waals surface area contributed by atoms with Crippen molar-refractivity contribution in [1.82, 2.24) is 9.80 Å². The van der Waals surface area contributed by atoms with Gasteiger partial charge in [-0.2, -0.15) is 0 Å². The Morgan fingerprint density at radius 3 is 1.85 bits per heavy atom. The maximum absolute atomic E-state index is 15.3. The van der Waals surface area contributed by atoms with Crippen molar-refractivity contribution in [2.24, 2.45) is 0 Å². The van der Waals surface area contributed by atoms with Crippen LogP contribution in [-0.2, 0) is 19.8 Å². The van der Waals surface area contributed by atoms with Gasteiger partial charge in [0.15, 0.2) is 5.72 Å². The number of carbonyl (C=O) groups is 3. The molecule has 0 aliphatic carbocycles. The predicted octanol–water partition coefficient (Wildman–Crippen LogP) is 9.09. The summed E-state index contributed by atoms with van der Waals surface area (Å²) < 4.78 is 18.8. The number of ether oxygens (including phenoxy) is 3. The fraction of sp³-hybridized carbons (Fsp3) is 0.214. The third-order valence-electron chi connectivity index (χ3n) is 9.60. The number of nitrogens with zero attached hydrogens (tertiary/aromatic N) is 2. The minimum absolute atomic E-state index is 0.0898. The lowest BCUT2D eigenvalue weighted by atomic mass is 9.75. The van der Waals surface area contributed by atoms with Crippen molar-refractivity contribution in [1.29, 1.82) is 0 Å². The van der Waals surface area contributed by atoms with E-state index in [-0.39, 0.29) is 26.2 Å². The van der Waals surface area contributed by atoms with Gasteiger partial charge >= 0.3 is 6.09 Å². The number of cyclic esters (lactones) is 1. The Balaban J connectivity index is 1.36. The average Bonchev–Trinajstić information content (AvgIpc) is 3.76. The van der Waals surface area contributed by atoms with Gasteiger partial charge in [0.25, 0.3) is 5.24 Å². The first kappa shape index (κ1) is 35.3. The summed E-state index contributed by atoms with van der Waals surface area (Å²) in [6.45, 7) is 2.23. The molecule has 7 rings (SSSR count). The van der Waals surface area contributed by atoms with Crippen LogP contribution in [0.5, 0.6) is 5.75 Å².